The van der Waals surface area contributed by atoms with Crippen molar-refractivity contribution in [2.75, 3.05) is 0 Å². The minimum absolute atomic E-state index is 0.0848. The predicted molar refractivity (Wildman–Crippen MR) is 137 cm³/mol. The summed E-state index contributed by atoms with van der Waals surface area (Å²) in [5, 5.41) is 11.8. The van der Waals surface area contributed by atoms with E-state index in [0.29, 0.717) is 16.3 Å². The number of ether oxygens (including phenoxy) is 1. The first-order valence-corrected chi connectivity index (χ1v) is 12.3. The Labute approximate surface area is 209 Å². The molecule has 1 amide bonds. The van der Waals surface area contributed by atoms with Crippen LogP contribution in [0.3, 0.4) is 0 Å². The van der Waals surface area contributed by atoms with Crippen LogP contribution in [0.5, 0.6) is 5.75 Å². The minimum Gasteiger partial charge on any atom is -0.503 e. The number of carbonyl (C=O) groups excluding carboxylic acids is 2. The fraction of sp³-hybridized carbons (Fsp3) is 0.321. The number of hydrogen-bond donors (Lipinski definition) is 1. The zero-order chi connectivity index (χ0) is 25.5. The molecule has 2 aromatic carbocycles. The minimum atomic E-state index is -0.737. The fourth-order valence-electron chi connectivity index (χ4n) is 4.35. The first kappa shape index (κ1) is 24.7. The number of hydrogen-bond acceptors (Lipinski definition) is 6. The smallest absolute Gasteiger partial charge is 0.290 e. The van der Waals surface area contributed by atoms with Gasteiger partial charge in [-0.1, -0.05) is 48.0 Å². The first-order valence-electron chi connectivity index (χ1n) is 11.5. The number of aryl methyl sites for hydroxylation is 3. The van der Waals surface area contributed by atoms with E-state index < -0.39 is 23.3 Å². The van der Waals surface area contributed by atoms with Crippen LogP contribution in [0.4, 0.5) is 0 Å². The SMILES string of the molecule is Cc1cccc(C2C(C(=O)c3sc(C)nc3C)=C(O)C(=O)N2Cc2ccccc2OC(C)(C)C)c1. The van der Waals surface area contributed by atoms with Crippen molar-refractivity contribution in [2.24, 2.45) is 0 Å². The molecule has 35 heavy (non-hydrogen) atoms. The molecule has 3 aromatic rings. The van der Waals surface area contributed by atoms with E-state index in [1.807, 2.05) is 83.1 Å². The van der Waals surface area contributed by atoms with Crippen LogP contribution < -0.4 is 4.74 Å². The average Bonchev–Trinajstić information content (AvgIpc) is 3.24. The molecular weight excluding hydrogens is 460 g/mol. The monoisotopic (exact) mass is 490 g/mol. The highest BCUT2D eigenvalue weighted by Crippen LogP contribution is 2.42. The van der Waals surface area contributed by atoms with Crippen molar-refractivity contribution in [2.45, 2.75) is 59.7 Å². The van der Waals surface area contributed by atoms with Gasteiger partial charge in [0.15, 0.2) is 5.76 Å². The molecule has 1 atom stereocenters. The quantitative estimate of drug-likeness (QED) is 0.427. The van der Waals surface area contributed by atoms with Gasteiger partial charge in [0.25, 0.3) is 5.91 Å². The van der Waals surface area contributed by atoms with Gasteiger partial charge in [0.2, 0.25) is 5.78 Å². The third-order valence-corrected chi connectivity index (χ3v) is 6.82. The Hall–Kier alpha value is -3.45. The van der Waals surface area contributed by atoms with Crippen molar-refractivity contribution >= 4 is 23.0 Å². The second-order valence-electron chi connectivity index (χ2n) is 9.81. The largest absolute Gasteiger partial charge is 0.503 e. The zero-order valence-electron chi connectivity index (χ0n) is 20.9. The Morgan fingerprint density at radius 2 is 1.83 bits per heavy atom. The number of carbonyl (C=O) groups is 2. The molecule has 0 fully saturated rings. The van der Waals surface area contributed by atoms with E-state index in [4.69, 9.17) is 4.74 Å². The average molecular weight is 491 g/mol. The molecule has 1 N–H and O–H groups in total. The number of benzene rings is 2. The van der Waals surface area contributed by atoms with E-state index in [0.717, 1.165) is 21.7 Å². The number of aromatic nitrogens is 1. The topological polar surface area (TPSA) is 79.7 Å². The molecule has 0 radical (unpaired) electrons. The van der Waals surface area contributed by atoms with Gasteiger partial charge in [0.05, 0.1) is 33.7 Å². The van der Waals surface area contributed by atoms with E-state index in [-0.39, 0.29) is 17.9 Å². The summed E-state index contributed by atoms with van der Waals surface area (Å²) in [4.78, 5) is 33.5. The fourth-order valence-corrected chi connectivity index (χ4v) is 5.22. The van der Waals surface area contributed by atoms with Crippen LogP contribution >= 0.6 is 11.3 Å². The molecule has 0 saturated heterocycles. The lowest BCUT2D eigenvalue weighted by molar-refractivity contribution is -0.130. The van der Waals surface area contributed by atoms with Crippen LogP contribution in [-0.2, 0) is 11.3 Å². The molecule has 0 aliphatic carbocycles. The van der Waals surface area contributed by atoms with Crippen LogP contribution in [0.25, 0.3) is 0 Å². The lowest BCUT2D eigenvalue weighted by Gasteiger charge is -2.29. The molecule has 0 spiro atoms. The Morgan fingerprint density at radius 1 is 1.11 bits per heavy atom. The Morgan fingerprint density at radius 3 is 2.46 bits per heavy atom. The maximum Gasteiger partial charge on any atom is 0.290 e. The first-order chi connectivity index (χ1) is 16.5. The lowest BCUT2D eigenvalue weighted by atomic mass is 9.94. The molecular formula is C28H30N2O4S. The van der Waals surface area contributed by atoms with Gasteiger partial charge in [0, 0.05) is 5.56 Å². The predicted octanol–water partition coefficient (Wildman–Crippen LogP) is 6.02. The van der Waals surface area contributed by atoms with E-state index in [9.17, 15) is 14.7 Å². The summed E-state index contributed by atoms with van der Waals surface area (Å²) in [6.07, 6.45) is 0. The summed E-state index contributed by atoms with van der Waals surface area (Å²) in [7, 11) is 0. The number of aliphatic hydroxyl groups excluding tert-OH is 1. The van der Waals surface area contributed by atoms with Crippen LogP contribution in [0.15, 0.2) is 59.9 Å². The molecule has 0 saturated carbocycles. The summed E-state index contributed by atoms with van der Waals surface area (Å²) in [6.45, 7) is 11.6. The van der Waals surface area contributed by atoms with Crippen LogP contribution in [0.1, 0.15) is 63.9 Å². The molecule has 1 unspecified atom stereocenters. The van der Waals surface area contributed by atoms with Gasteiger partial charge in [-0.15, -0.1) is 11.3 Å². The Bertz CT molecular complexity index is 1330. The molecule has 182 valence electrons. The zero-order valence-corrected chi connectivity index (χ0v) is 21.7. The third kappa shape index (κ3) is 5.00. The van der Waals surface area contributed by atoms with Gasteiger partial charge in [-0.3, -0.25) is 9.59 Å². The van der Waals surface area contributed by atoms with Crippen molar-refractivity contribution < 1.29 is 19.4 Å². The van der Waals surface area contributed by atoms with Gasteiger partial charge in [-0.05, 0) is 53.2 Å². The summed E-state index contributed by atoms with van der Waals surface area (Å²) in [5.41, 5.74) is 2.80. The van der Waals surface area contributed by atoms with E-state index in [1.165, 1.54) is 11.3 Å². The number of amides is 1. The molecule has 6 nitrogen and oxygen atoms in total. The van der Waals surface area contributed by atoms with Gasteiger partial charge in [-0.25, -0.2) is 4.98 Å². The molecule has 7 heteroatoms. The van der Waals surface area contributed by atoms with Crippen LogP contribution in [0, 0.1) is 20.8 Å². The van der Waals surface area contributed by atoms with Crippen molar-refractivity contribution in [1.29, 1.82) is 0 Å². The van der Waals surface area contributed by atoms with Crippen LogP contribution in [-0.4, -0.2) is 32.3 Å². The van der Waals surface area contributed by atoms with Crippen molar-refractivity contribution in [3.63, 3.8) is 0 Å². The number of rotatable bonds is 6. The maximum atomic E-state index is 13.7. The summed E-state index contributed by atoms with van der Waals surface area (Å²) < 4.78 is 6.14. The second-order valence-corrected chi connectivity index (χ2v) is 11.0. The summed E-state index contributed by atoms with van der Waals surface area (Å²) in [5.74, 6) is -0.804. The van der Waals surface area contributed by atoms with Gasteiger partial charge >= 0.3 is 0 Å². The molecule has 0 bridgehead atoms. The van der Waals surface area contributed by atoms with E-state index >= 15 is 0 Å². The standard InChI is InChI=1S/C28H30N2O4S/c1-16-10-9-12-19(14-16)23-22(24(31)26-17(2)29-18(3)35-26)25(32)27(33)30(23)15-20-11-7-8-13-21(20)34-28(4,5)6/h7-14,23,32H,15H2,1-6H3. The van der Waals surface area contributed by atoms with Gasteiger partial charge in [0.1, 0.15) is 11.4 Å². The van der Waals surface area contributed by atoms with Crippen molar-refractivity contribution in [3.8, 4) is 5.75 Å². The maximum absolute atomic E-state index is 13.7. The van der Waals surface area contributed by atoms with Gasteiger partial charge in [-0.2, -0.15) is 0 Å². The molecule has 1 aliphatic rings. The van der Waals surface area contributed by atoms with Crippen LogP contribution in [0.2, 0.25) is 0 Å². The Kier molecular flexibility index (Phi) is 6.56. The summed E-state index contributed by atoms with van der Waals surface area (Å²) in [6, 6.07) is 14.5. The molecule has 1 aromatic heterocycles. The number of para-hydroxylation sites is 1. The van der Waals surface area contributed by atoms with Gasteiger partial charge < -0.3 is 14.7 Å². The van der Waals surface area contributed by atoms with Crippen molar-refractivity contribution in [1.82, 2.24) is 9.88 Å². The normalized spacial score (nSPS) is 16.2. The third-order valence-electron chi connectivity index (χ3n) is 5.75. The molecule has 1 aliphatic heterocycles. The highest BCUT2D eigenvalue weighted by molar-refractivity contribution is 7.14. The summed E-state index contributed by atoms with van der Waals surface area (Å²) >= 11 is 1.27. The van der Waals surface area contributed by atoms with E-state index in [1.54, 1.807) is 11.8 Å². The lowest BCUT2D eigenvalue weighted by Crippen LogP contribution is -2.31. The molecule has 2 heterocycles. The second kappa shape index (κ2) is 9.30. The highest BCUT2D eigenvalue weighted by atomic mass is 32.1. The number of ketones is 1. The van der Waals surface area contributed by atoms with E-state index in [2.05, 4.69) is 4.98 Å². The highest BCUT2D eigenvalue weighted by Gasteiger charge is 2.44. The number of Topliss-reactive ketones (excluding diaryl/α,β-unsaturated/α-hetero) is 1. The molecule has 4 rings (SSSR count). The number of aliphatic hydroxyl groups is 1. The Balaban J connectivity index is 1.81. The number of thiazole rings is 1. The number of nitrogens with zero attached hydrogens (tertiary/aromatic N) is 2. The van der Waals surface area contributed by atoms with Crippen molar-refractivity contribution in [3.05, 3.63) is 92.1 Å².